The first-order valence-corrected chi connectivity index (χ1v) is 4.40. The molecule has 0 spiro atoms. The van der Waals surface area contributed by atoms with E-state index in [1.807, 2.05) is 20.8 Å². The second kappa shape index (κ2) is 3.56. The number of hydrogen-bond donors (Lipinski definition) is 0. The minimum Gasteiger partial charge on any atom is -0.491 e. The normalized spacial score (nSPS) is 11.6. The second-order valence-electron chi connectivity index (χ2n) is 4.19. The molecule has 0 fully saturated rings. The van der Waals surface area contributed by atoms with Crippen molar-refractivity contribution < 1.29 is 13.5 Å². The fourth-order valence-electron chi connectivity index (χ4n) is 1.30. The second-order valence-corrected chi connectivity index (χ2v) is 4.19. The van der Waals surface area contributed by atoms with Crippen molar-refractivity contribution in [3.05, 3.63) is 29.3 Å². The molecule has 1 nitrogen and oxygen atoms in total. The van der Waals surface area contributed by atoms with Crippen LogP contribution in [0.15, 0.2) is 12.1 Å². The van der Waals surface area contributed by atoms with Gasteiger partial charge in [-0.25, -0.2) is 8.78 Å². The summed E-state index contributed by atoms with van der Waals surface area (Å²) < 4.78 is 31.4. The van der Waals surface area contributed by atoms with E-state index in [-0.39, 0.29) is 11.2 Å². The van der Waals surface area contributed by atoms with Crippen LogP contribution in [0.5, 0.6) is 5.75 Å². The van der Waals surface area contributed by atoms with Crippen molar-refractivity contribution in [3.63, 3.8) is 0 Å². The number of rotatable bonds is 1. The van der Waals surface area contributed by atoms with Gasteiger partial charge < -0.3 is 4.74 Å². The highest BCUT2D eigenvalue weighted by atomic mass is 19.1. The Labute approximate surface area is 82.7 Å². The summed E-state index contributed by atoms with van der Waals surface area (Å²) in [5.41, 5.74) is 0.0983. The van der Waals surface area contributed by atoms with Crippen LogP contribution in [0.2, 0.25) is 0 Å². The summed E-state index contributed by atoms with van der Waals surface area (Å²) in [6.45, 7) is 5.59. The predicted molar refractivity (Wildman–Crippen MR) is 51.6 cm³/mol. The summed E-state index contributed by atoms with van der Waals surface area (Å²) in [5.74, 6) is -1.59. The Morgan fingerprint density at radius 2 is 1.71 bits per heavy atom. The third-order valence-corrected chi connectivity index (χ3v) is 2.06. The van der Waals surface area contributed by atoms with E-state index in [2.05, 4.69) is 4.74 Å². The van der Waals surface area contributed by atoms with Gasteiger partial charge in [-0.1, -0.05) is 26.8 Å². The Kier molecular flexibility index (Phi) is 2.79. The molecule has 78 valence electrons. The van der Waals surface area contributed by atoms with E-state index in [1.165, 1.54) is 19.2 Å². The Morgan fingerprint density at radius 1 is 1.14 bits per heavy atom. The molecule has 1 rings (SSSR count). The number of hydrogen-bond acceptors (Lipinski definition) is 1. The van der Waals surface area contributed by atoms with Crippen molar-refractivity contribution in [1.82, 2.24) is 0 Å². The lowest BCUT2D eigenvalue weighted by Gasteiger charge is -2.20. The van der Waals surface area contributed by atoms with Crippen LogP contribution in [-0.4, -0.2) is 7.11 Å². The molecule has 1 aromatic rings. The average Bonchev–Trinajstić information content (AvgIpc) is 2.02. The molecule has 0 aliphatic rings. The van der Waals surface area contributed by atoms with Gasteiger partial charge in [0.15, 0.2) is 17.4 Å². The molecule has 3 heteroatoms. The Morgan fingerprint density at radius 3 is 2.14 bits per heavy atom. The fourth-order valence-corrected chi connectivity index (χ4v) is 1.30. The molecule has 0 atom stereocenters. The third kappa shape index (κ3) is 1.86. The van der Waals surface area contributed by atoms with Gasteiger partial charge in [-0.05, 0) is 17.0 Å². The van der Waals surface area contributed by atoms with Crippen LogP contribution in [0.1, 0.15) is 26.3 Å². The first-order chi connectivity index (χ1) is 6.38. The Balaban J connectivity index is 3.36. The van der Waals surface area contributed by atoms with Gasteiger partial charge in [-0.2, -0.15) is 0 Å². The van der Waals surface area contributed by atoms with Gasteiger partial charge in [0, 0.05) is 0 Å². The predicted octanol–water partition coefficient (Wildman–Crippen LogP) is 3.27. The standard InChI is InChI=1S/C11H14F2O/c1-11(2,3)7-5-6-8(12)10(14-4)9(7)13/h5-6H,1-4H3. The average molecular weight is 200 g/mol. The molecule has 14 heavy (non-hydrogen) atoms. The molecule has 0 aliphatic heterocycles. The highest BCUT2D eigenvalue weighted by molar-refractivity contribution is 5.36. The van der Waals surface area contributed by atoms with Gasteiger partial charge in [0.1, 0.15) is 0 Å². The van der Waals surface area contributed by atoms with Gasteiger partial charge >= 0.3 is 0 Å². The van der Waals surface area contributed by atoms with E-state index >= 15 is 0 Å². The Bertz CT molecular complexity index is 340. The SMILES string of the molecule is COc1c(F)ccc(C(C)(C)C)c1F. The maximum atomic E-state index is 13.7. The molecule has 0 aromatic heterocycles. The van der Waals surface area contributed by atoms with E-state index in [1.54, 1.807) is 0 Å². The first-order valence-electron chi connectivity index (χ1n) is 4.40. The minimum atomic E-state index is -0.669. The monoisotopic (exact) mass is 200 g/mol. The lowest BCUT2D eigenvalue weighted by molar-refractivity contribution is 0.352. The van der Waals surface area contributed by atoms with E-state index in [9.17, 15) is 8.78 Å². The molecule has 0 bridgehead atoms. The number of benzene rings is 1. The molecule has 0 aliphatic carbocycles. The zero-order valence-corrected chi connectivity index (χ0v) is 8.82. The number of methoxy groups -OCH3 is 1. The van der Waals surface area contributed by atoms with Gasteiger partial charge in [0.25, 0.3) is 0 Å². The highest BCUT2D eigenvalue weighted by Crippen LogP contribution is 2.31. The van der Waals surface area contributed by atoms with Crippen molar-refractivity contribution in [2.24, 2.45) is 0 Å². The molecule has 1 aromatic carbocycles. The van der Waals surface area contributed by atoms with Crippen molar-refractivity contribution in [1.29, 1.82) is 0 Å². The van der Waals surface area contributed by atoms with Crippen molar-refractivity contribution >= 4 is 0 Å². The fraction of sp³-hybridized carbons (Fsp3) is 0.455. The Hall–Kier alpha value is -1.12. The van der Waals surface area contributed by atoms with Crippen molar-refractivity contribution in [2.75, 3.05) is 7.11 Å². The van der Waals surface area contributed by atoms with E-state index < -0.39 is 11.6 Å². The molecule has 0 saturated heterocycles. The van der Waals surface area contributed by atoms with Crippen LogP contribution in [0.25, 0.3) is 0 Å². The summed E-state index contributed by atoms with van der Waals surface area (Å²) in [5, 5.41) is 0. The molecule has 0 N–H and O–H groups in total. The lowest BCUT2D eigenvalue weighted by atomic mass is 9.86. The lowest BCUT2D eigenvalue weighted by Crippen LogP contribution is -2.14. The maximum absolute atomic E-state index is 13.7. The van der Waals surface area contributed by atoms with Crippen LogP contribution in [0.4, 0.5) is 8.78 Å². The summed E-state index contributed by atoms with van der Waals surface area (Å²) in [6.07, 6.45) is 0. The molecular weight excluding hydrogens is 186 g/mol. The topological polar surface area (TPSA) is 9.23 Å². The first kappa shape index (κ1) is 11.0. The molecular formula is C11H14F2O. The largest absolute Gasteiger partial charge is 0.491 e. The molecule has 0 radical (unpaired) electrons. The van der Waals surface area contributed by atoms with E-state index in [0.717, 1.165) is 0 Å². The van der Waals surface area contributed by atoms with Gasteiger partial charge in [-0.15, -0.1) is 0 Å². The maximum Gasteiger partial charge on any atom is 0.190 e. The third-order valence-electron chi connectivity index (χ3n) is 2.06. The van der Waals surface area contributed by atoms with Crippen molar-refractivity contribution in [2.45, 2.75) is 26.2 Å². The van der Waals surface area contributed by atoms with Crippen LogP contribution in [0, 0.1) is 11.6 Å². The highest BCUT2D eigenvalue weighted by Gasteiger charge is 2.23. The van der Waals surface area contributed by atoms with Gasteiger partial charge in [0.2, 0.25) is 0 Å². The van der Waals surface area contributed by atoms with Gasteiger partial charge in [-0.3, -0.25) is 0 Å². The van der Waals surface area contributed by atoms with E-state index in [4.69, 9.17) is 0 Å². The minimum absolute atomic E-state index is 0.308. The number of halogens is 2. The summed E-state index contributed by atoms with van der Waals surface area (Å²) in [6, 6.07) is 2.68. The summed E-state index contributed by atoms with van der Waals surface area (Å²) >= 11 is 0. The quantitative estimate of drug-likeness (QED) is 0.676. The summed E-state index contributed by atoms with van der Waals surface area (Å²) in [4.78, 5) is 0. The van der Waals surface area contributed by atoms with Crippen LogP contribution in [0.3, 0.4) is 0 Å². The van der Waals surface area contributed by atoms with Crippen LogP contribution < -0.4 is 4.74 Å². The molecule has 0 amide bonds. The van der Waals surface area contributed by atoms with Crippen molar-refractivity contribution in [3.8, 4) is 5.75 Å². The number of ether oxygens (including phenoxy) is 1. The zero-order chi connectivity index (χ0) is 10.9. The zero-order valence-electron chi connectivity index (χ0n) is 8.82. The summed E-state index contributed by atoms with van der Waals surface area (Å²) in [7, 11) is 1.26. The molecule has 0 unspecified atom stereocenters. The molecule has 0 saturated carbocycles. The van der Waals surface area contributed by atoms with Gasteiger partial charge in [0.05, 0.1) is 7.11 Å². The van der Waals surface area contributed by atoms with Crippen LogP contribution in [-0.2, 0) is 5.41 Å². The van der Waals surface area contributed by atoms with Crippen LogP contribution >= 0.6 is 0 Å². The molecule has 0 heterocycles. The smallest absolute Gasteiger partial charge is 0.190 e. The van der Waals surface area contributed by atoms with E-state index in [0.29, 0.717) is 5.56 Å².